The number of unbranched alkanes of at least 4 members (excludes halogenated alkanes) is 39. The lowest BCUT2D eigenvalue weighted by atomic mass is 10.00. The van der Waals surface area contributed by atoms with E-state index in [2.05, 4.69) is 55.6 Å². The van der Waals surface area contributed by atoms with Crippen LogP contribution in [0, 0.1) is 0 Å². The van der Waals surface area contributed by atoms with Gasteiger partial charge in [0.25, 0.3) is 0 Å². The van der Waals surface area contributed by atoms with Crippen LogP contribution in [-0.2, 0) is 4.79 Å². The molecule has 66 heavy (non-hydrogen) atoms. The molecule has 4 unspecified atom stereocenters. The van der Waals surface area contributed by atoms with E-state index in [0.717, 1.165) is 51.4 Å². The van der Waals surface area contributed by atoms with Crippen molar-refractivity contribution in [3.63, 3.8) is 0 Å². The second-order valence-electron chi connectivity index (χ2n) is 20.3. The summed E-state index contributed by atoms with van der Waals surface area (Å²) in [4.78, 5) is 12.6. The Balaban J connectivity index is 3.64. The molecule has 0 saturated carbocycles. The first-order chi connectivity index (χ1) is 32.5. The molecule has 390 valence electrons. The maximum atomic E-state index is 12.6. The van der Waals surface area contributed by atoms with Crippen LogP contribution in [0.3, 0.4) is 0 Å². The van der Waals surface area contributed by atoms with E-state index in [9.17, 15) is 25.2 Å². The number of amides is 1. The van der Waals surface area contributed by atoms with Gasteiger partial charge in [-0.05, 0) is 64.2 Å². The molecule has 6 nitrogen and oxygen atoms in total. The smallest absolute Gasteiger partial charge is 0.249 e. The lowest BCUT2D eigenvalue weighted by Gasteiger charge is -2.27. The van der Waals surface area contributed by atoms with Gasteiger partial charge in [0.15, 0.2) is 0 Å². The van der Waals surface area contributed by atoms with E-state index in [1.165, 1.54) is 225 Å². The fourth-order valence-corrected chi connectivity index (χ4v) is 9.20. The Hall–Kier alpha value is -1.47. The molecular formula is C60H115NO5. The first-order valence-electron chi connectivity index (χ1n) is 29.4. The van der Waals surface area contributed by atoms with Gasteiger partial charge in [0, 0.05) is 0 Å². The summed E-state index contributed by atoms with van der Waals surface area (Å²) >= 11 is 0. The molecule has 0 aliphatic heterocycles. The highest BCUT2D eigenvalue weighted by Crippen LogP contribution is 2.18. The predicted octanol–water partition coefficient (Wildman–Crippen LogP) is 17.2. The van der Waals surface area contributed by atoms with Crippen LogP contribution in [0.2, 0.25) is 0 Å². The molecule has 0 aromatic rings. The normalized spacial score (nSPS) is 14.0. The molecule has 0 radical (unpaired) electrons. The summed E-state index contributed by atoms with van der Waals surface area (Å²) in [7, 11) is 0. The minimum absolute atomic E-state index is 0.362. The zero-order chi connectivity index (χ0) is 48.1. The van der Waals surface area contributed by atoms with Crippen molar-refractivity contribution in [3.8, 4) is 0 Å². The number of hydrogen-bond donors (Lipinski definition) is 5. The van der Waals surface area contributed by atoms with Crippen molar-refractivity contribution in [3.05, 3.63) is 36.5 Å². The van der Waals surface area contributed by atoms with Crippen LogP contribution >= 0.6 is 0 Å². The quantitative estimate of drug-likeness (QED) is 0.0308. The number of rotatable bonds is 54. The van der Waals surface area contributed by atoms with E-state index in [-0.39, 0.29) is 0 Å². The molecule has 6 heteroatoms. The number of hydrogen-bond acceptors (Lipinski definition) is 5. The first-order valence-corrected chi connectivity index (χ1v) is 29.4. The van der Waals surface area contributed by atoms with Gasteiger partial charge in [-0.2, -0.15) is 0 Å². The van der Waals surface area contributed by atoms with Gasteiger partial charge in [-0.25, -0.2) is 0 Å². The predicted molar refractivity (Wildman–Crippen MR) is 288 cm³/mol. The summed E-state index contributed by atoms with van der Waals surface area (Å²) in [5.41, 5.74) is 0. The van der Waals surface area contributed by atoms with Crippen molar-refractivity contribution in [1.29, 1.82) is 0 Å². The third kappa shape index (κ3) is 47.6. The van der Waals surface area contributed by atoms with E-state index in [1.807, 2.05) is 0 Å². The number of carbonyl (C=O) groups excluding carboxylic acids is 1. The summed E-state index contributed by atoms with van der Waals surface area (Å²) in [6.45, 7) is 4.07. The Kier molecular flexibility index (Phi) is 53.3. The van der Waals surface area contributed by atoms with Crippen LogP contribution in [0.25, 0.3) is 0 Å². The van der Waals surface area contributed by atoms with Gasteiger partial charge in [0.05, 0.1) is 18.8 Å². The molecule has 0 bridgehead atoms. The molecule has 0 aromatic heterocycles. The minimum atomic E-state index is -1.29. The van der Waals surface area contributed by atoms with Crippen molar-refractivity contribution in [2.24, 2.45) is 0 Å². The van der Waals surface area contributed by atoms with Crippen LogP contribution in [0.5, 0.6) is 0 Å². The molecule has 5 N–H and O–H groups in total. The number of allylic oxidation sites excluding steroid dienone is 6. The molecule has 0 saturated heterocycles. The standard InChI is InChI=1S/C60H115NO5/c1-3-5-7-9-11-13-15-17-19-21-23-25-26-27-28-29-30-31-32-34-36-38-40-42-44-46-48-50-52-54-58(64)60(66)61-56(55-62)59(65)57(63)53-51-49-47-45-43-41-39-37-35-33-24-22-20-18-16-14-12-10-8-6-4-2/h22,24,37,39,45,47,56-59,62-65H,3-21,23,25-36,38,40-44,46,48-55H2,1-2H3,(H,61,66)/b24-22+,39-37+,47-45+. The third-order valence-electron chi connectivity index (χ3n) is 13.8. The second kappa shape index (κ2) is 54.5. The fourth-order valence-electron chi connectivity index (χ4n) is 9.20. The van der Waals surface area contributed by atoms with Gasteiger partial charge >= 0.3 is 0 Å². The van der Waals surface area contributed by atoms with Gasteiger partial charge < -0.3 is 25.7 Å². The maximum absolute atomic E-state index is 12.6. The van der Waals surface area contributed by atoms with Crippen LogP contribution < -0.4 is 5.32 Å². The van der Waals surface area contributed by atoms with Crippen molar-refractivity contribution in [2.45, 2.75) is 334 Å². The van der Waals surface area contributed by atoms with E-state index in [0.29, 0.717) is 19.3 Å². The zero-order valence-electron chi connectivity index (χ0n) is 44.2. The highest BCUT2D eigenvalue weighted by molar-refractivity contribution is 5.80. The average Bonchev–Trinajstić information content (AvgIpc) is 3.32. The first kappa shape index (κ1) is 64.5. The highest BCUT2D eigenvalue weighted by Gasteiger charge is 2.28. The molecule has 0 fully saturated rings. The molecule has 4 atom stereocenters. The van der Waals surface area contributed by atoms with E-state index in [1.54, 1.807) is 0 Å². The molecule has 0 aliphatic carbocycles. The van der Waals surface area contributed by atoms with Crippen LogP contribution in [0.15, 0.2) is 36.5 Å². The summed E-state index contributed by atoms with van der Waals surface area (Å²) in [5, 5.41) is 44.0. The summed E-state index contributed by atoms with van der Waals surface area (Å²) < 4.78 is 0. The van der Waals surface area contributed by atoms with Gasteiger partial charge in [-0.15, -0.1) is 0 Å². The molecule has 0 heterocycles. The molecule has 0 aliphatic rings. The highest BCUT2D eigenvalue weighted by atomic mass is 16.3. The fraction of sp³-hybridized carbons (Fsp3) is 0.883. The third-order valence-corrected chi connectivity index (χ3v) is 13.8. The SMILES string of the molecule is CCCCCCCCCC/C=C/CC/C=C/CC/C=C/CCCC(O)C(O)C(CO)NC(=O)C(O)CCCCCCCCCCCCCCCCCCCCCCCCCCCCCCC. The van der Waals surface area contributed by atoms with E-state index < -0.39 is 36.9 Å². The molecular weight excluding hydrogens is 815 g/mol. The lowest BCUT2D eigenvalue weighted by Crippen LogP contribution is -2.53. The number of aliphatic hydroxyl groups is 4. The van der Waals surface area contributed by atoms with Gasteiger partial charge in [0.1, 0.15) is 12.2 Å². The maximum Gasteiger partial charge on any atom is 0.249 e. The van der Waals surface area contributed by atoms with Crippen molar-refractivity contribution in [2.75, 3.05) is 6.61 Å². The van der Waals surface area contributed by atoms with E-state index in [4.69, 9.17) is 0 Å². The topological polar surface area (TPSA) is 110 Å². The number of nitrogens with one attached hydrogen (secondary N) is 1. The lowest BCUT2D eigenvalue weighted by molar-refractivity contribution is -0.132. The van der Waals surface area contributed by atoms with Crippen molar-refractivity contribution >= 4 is 5.91 Å². The Bertz CT molecular complexity index is 1040. The van der Waals surface area contributed by atoms with Crippen LogP contribution in [0.4, 0.5) is 0 Å². The molecule has 0 rings (SSSR count). The zero-order valence-corrected chi connectivity index (χ0v) is 44.2. The van der Waals surface area contributed by atoms with Gasteiger partial charge in [0.2, 0.25) is 5.91 Å². The van der Waals surface area contributed by atoms with Crippen LogP contribution in [0.1, 0.15) is 309 Å². The Morgan fingerprint density at radius 2 is 0.636 bits per heavy atom. The van der Waals surface area contributed by atoms with E-state index >= 15 is 0 Å². The Labute approximate surface area is 411 Å². The summed E-state index contributed by atoms with van der Waals surface area (Å²) in [6, 6.07) is -1.01. The molecule has 1 amide bonds. The van der Waals surface area contributed by atoms with Gasteiger partial charge in [-0.3, -0.25) is 4.79 Å². The largest absolute Gasteiger partial charge is 0.394 e. The molecule has 0 spiro atoms. The summed E-state index contributed by atoms with van der Waals surface area (Å²) in [5.74, 6) is -0.594. The Morgan fingerprint density at radius 1 is 0.364 bits per heavy atom. The number of aliphatic hydroxyl groups excluding tert-OH is 4. The average molecular weight is 931 g/mol. The minimum Gasteiger partial charge on any atom is -0.394 e. The van der Waals surface area contributed by atoms with Crippen LogP contribution in [-0.4, -0.2) is 57.3 Å². The Morgan fingerprint density at radius 3 is 0.955 bits per heavy atom. The second-order valence-corrected chi connectivity index (χ2v) is 20.3. The van der Waals surface area contributed by atoms with Crippen molar-refractivity contribution in [1.82, 2.24) is 5.32 Å². The van der Waals surface area contributed by atoms with Gasteiger partial charge in [-0.1, -0.05) is 281 Å². The van der Waals surface area contributed by atoms with Crippen molar-refractivity contribution < 1.29 is 25.2 Å². The number of carbonyl (C=O) groups is 1. The monoisotopic (exact) mass is 930 g/mol. The molecule has 0 aromatic carbocycles. The summed E-state index contributed by atoms with van der Waals surface area (Å²) in [6.07, 6.45) is 68.0.